The number of rotatable bonds is 2. The number of anilines is 1. The predicted octanol–water partition coefficient (Wildman–Crippen LogP) is 3.29. The molecular weight excluding hydrogens is 241 g/mol. The van der Waals surface area contributed by atoms with Crippen molar-refractivity contribution in [3.63, 3.8) is 0 Å². The predicted molar refractivity (Wildman–Crippen MR) is 66.7 cm³/mol. The Morgan fingerprint density at radius 1 is 1.24 bits per heavy atom. The number of aryl methyl sites for hydroxylation is 1. The van der Waals surface area contributed by atoms with Crippen LogP contribution in [0.3, 0.4) is 0 Å². The molecule has 0 amide bonds. The van der Waals surface area contributed by atoms with E-state index in [1.54, 1.807) is 32.2 Å². The van der Waals surface area contributed by atoms with Crippen LogP contribution in [0.1, 0.15) is 5.82 Å². The first-order chi connectivity index (χ1) is 8.10. The van der Waals surface area contributed by atoms with Crippen molar-refractivity contribution in [2.24, 2.45) is 0 Å². The van der Waals surface area contributed by atoms with Crippen LogP contribution >= 0.6 is 11.6 Å². The van der Waals surface area contributed by atoms with Crippen LogP contribution in [0.15, 0.2) is 24.3 Å². The lowest BCUT2D eigenvalue weighted by Crippen LogP contribution is -1.99. The molecule has 0 aliphatic heterocycles. The summed E-state index contributed by atoms with van der Waals surface area (Å²) in [6.45, 7) is 1.76. The van der Waals surface area contributed by atoms with Gasteiger partial charge < -0.3 is 5.32 Å². The molecule has 5 heteroatoms. The number of aromatic nitrogens is 2. The molecule has 0 aliphatic carbocycles. The van der Waals surface area contributed by atoms with E-state index in [1.165, 1.54) is 6.07 Å². The molecule has 3 nitrogen and oxygen atoms in total. The van der Waals surface area contributed by atoms with Gasteiger partial charge in [-0.05, 0) is 25.1 Å². The van der Waals surface area contributed by atoms with Crippen molar-refractivity contribution >= 4 is 17.4 Å². The summed E-state index contributed by atoms with van der Waals surface area (Å²) < 4.78 is 13.7. The fraction of sp³-hybridized carbons (Fsp3) is 0.167. The molecule has 1 N–H and O–H groups in total. The largest absolute Gasteiger partial charge is 0.373 e. The minimum absolute atomic E-state index is 0.367. The van der Waals surface area contributed by atoms with Crippen molar-refractivity contribution in [1.82, 2.24) is 9.97 Å². The summed E-state index contributed by atoms with van der Waals surface area (Å²) in [4.78, 5) is 8.36. The summed E-state index contributed by atoms with van der Waals surface area (Å²) in [5.41, 5.74) is 0.951. The zero-order valence-electron chi connectivity index (χ0n) is 9.46. The Morgan fingerprint density at radius 3 is 2.65 bits per heavy atom. The average Bonchev–Trinajstić information content (AvgIpc) is 2.28. The quantitative estimate of drug-likeness (QED) is 0.890. The molecule has 0 atom stereocenters. The van der Waals surface area contributed by atoms with Gasteiger partial charge in [0, 0.05) is 23.7 Å². The minimum atomic E-state index is -0.391. The van der Waals surface area contributed by atoms with Gasteiger partial charge in [0.25, 0.3) is 0 Å². The number of hydrogen-bond acceptors (Lipinski definition) is 3. The Labute approximate surface area is 104 Å². The van der Waals surface area contributed by atoms with Crippen molar-refractivity contribution in [1.29, 1.82) is 0 Å². The molecule has 0 radical (unpaired) electrons. The van der Waals surface area contributed by atoms with Crippen LogP contribution in [0.5, 0.6) is 0 Å². The van der Waals surface area contributed by atoms with Gasteiger partial charge in [0.2, 0.25) is 0 Å². The van der Waals surface area contributed by atoms with Crippen molar-refractivity contribution in [2.75, 3.05) is 12.4 Å². The lowest BCUT2D eigenvalue weighted by atomic mass is 10.1. The Hall–Kier alpha value is -1.68. The van der Waals surface area contributed by atoms with Gasteiger partial charge in [-0.25, -0.2) is 14.4 Å². The molecule has 0 saturated carbocycles. The summed E-state index contributed by atoms with van der Waals surface area (Å²) in [6.07, 6.45) is 0. The zero-order valence-corrected chi connectivity index (χ0v) is 10.2. The fourth-order valence-electron chi connectivity index (χ4n) is 1.53. The zero-order chi connectivity index (χ0) is 12.4. The topological polar surface area (TPSA) is 37.8 Å². The molecule has 17 heavy (non-hydrogen) atoms. The van der Waals surface area contributed by atoms with Crippen LogP contribution in [0, 0.1) is 12.7 Å². The molecule has 0 saturated heterocycles. The summed E-state index contributed by atoms with van der Waals surface area (Å²) in [5, 5.41) is 3.28. The Balaban J connectivity index is 2.55. The highest BCUT2D eigenvalue weighted by Gasteiger charge is 2.09. The minimum Gasteiger partial charge on any atom is -0.373 e. The molecule has 0 spiro atoms. The molecule has 1 heterocycles. The SMILES string of the molecule is CNc1cc(-c2ccc(Cl)cc2F)nc(C)n1. The normalized spacial score (nSPS) is 10.4. The molecule has 2 rings (SSSR count). The molecule has 0 bridgehead atoms. The van der Waals surface area contributed by atoms with Gasteiger partial charge in [-0.1, -0.05) is 11.6 Å². The summed E-state index contributed by atoms with van der Waals surface area (Å²) in [7, 11) is 1.75. The molecule has 1 aromatic heterocycles. The van der Waals surface area contributed by atoms with Crippen LogP contribution in [0.25, 0.3) is 11.3 Å². The van der Waals surface area contributed by atoms with Gasteiger partial charge in [-0.15, -0.1) is 0 Å². The number of hydrogen-bond donors (Lipinski definition) is 1. The maximum atomic E-state index is 13.7. The first kappa shape index (κ1) is 11.8. The fourth-order valence-corrected chi connectivity index (χ4v) is 1.69. The maximum Gasteiger partial charge on any atom is 0.134 e. The third-order valence-electron chi connectivity index (χ3n) is 2.30. The molecule has 2 aromatic rings. The van der Waals surface area contributed by atoms with Gasteiger partial charge >= 0.3 is 0 Å². The van der Waals surface area contributed by atoms with Crippen molar-refractivity contribution in [3.05, 3.63) is 40.9 Å². The van der Waals surface area contributed by atoms with E-state index in [-0.39, 0.29) is 0 Å². The molecule has 1 aromatic carbocycles. The first-order valence-corrected chi connectivity index (χ1v) is 5.47. The molecule has 88 valence electrons. The van der Waals surface area contributed by atoms with Crippen molar-refractivity contribution < 1.29 is 4.39 Å². The lowest BCUT2D eigenvalue weighted by molar-refractivity contribution is 0.630. The van der Waals surface area contributed by atoms with E-state index in [2.05, 4.69) is 15.3 Å². The van der Waals surface area contributed by atoms with Gasteiger partial charge in [-0.2, -0.15) is 0 Å². The average molecular weight is 252 g/mol. The van der Waals surface area contributed by atoms with Gasteiger partial charge in [0.1, 0.15) is 17.5 Å². The molecule has 0 unspecified atom stereocenters. The standard InChI is InChI=1S/C12H11ClFN3/c1-7-16-11(6-12(15-2)17-7)9-4-3-8(13)5-10(9)14/h3-6H,1-2H3,(H,15,16,17). The number of nitrogens with zero attached hydrogens (tertiary/aromatic N) is 2. The number of halogens is 2. The second-order valence-corrected chi connectivity index (χ2v) is 4.00. The van der Waals surface area contributed by atoms with E-state index in [4.69, 9.17) is 11.6 Å². The third kappa shape index (κ3) is 2.53. The second kappa shape index (κ2) is 4.67. The summed E-state index contributed by atoms with van der Waals surface area (Å²) >= 11 is 5.71. The Morgan fingerprint density at radius 2 is 2.00 bits per heavy atom. The number of nitrogens with one attached hydrogen (secondary N) is 1. The van der Waals surface area contributed by atoms with E-state index in [1.807, 2.05) is 0 Å². The van der Waals surface area contributed by atoms with Crippen LogP contribution < -0.4 is 5.32 Å². The van der Waals surface area contributed by atoms with Crippen LogP contribution in [-0.4, -0.2) is 17.0 Å². The highest BCUT2D eigenvalue weighted by atomic mass is 35.5. The smallest absolute Gasteiger partial charge is 0.134 e. The van der Waals surface area contributed by atoms with Gasteiger partial charge in [0.05, 0.1) is 5.69 Å². The van der Waals surface area contributed by atoms with Crippen LogP contribution in [-0.2, 0) is 0 Å². The second-order valence-electron chi connectivity index (χ2n) is 3.56. The highest BCUT2D eigenvalue weighted by molar-refractivity contribution is 6.30. The van der Waals surface area contributed by atoms with E-state index in [0.717, 1.165) is 0 Å². The van der Waals surface area contributed by atoms with E-state index in [0.29, 0.717) is 27.9 Å². The maximum absolute atomic E-state index is 13.7. The van der Waals surface area contributed by atoms with Crippen molar-refractivity contribution in [2.45, 2.75) is 6.92 Å². The molecule has 0 aliphatic rings. The third-order valence-corrected chi connectivity index (χ3v) is 2.54. The first-order valence-electron chi connectivity index (χ1n) is 5.09. The van der Waals surface area contributed by atoms with Gasteiger partial charge in [0.15, 0.2) is 0 Å². The van der Waals surface area contributed by atoms with Crippen LogP contribution in [0.4, 0.5) is 10.2 Å². The number of benzene rings is 1. The lowest BCUT2D eigenvalue weighted by Gasteiger charge is -2.06. The van der Waals surface area contributed by atoms with E-state index in [9.17, 15) is 4.39 Å². The van der Waals surface area contributed by atoms with Gasteiger partial charge in [-0.3, -0.25) is 0 Å². The van der Waals surface area contributed by atoms with Crippen molar-refractivity contribution in [3.8, 4) is 11.3 Å². The van der Waals surface area contributed by atoms with E-state index >= 15 is 0 Å². The van der Waals surface area contributed by atoms with E-state index < -0.39 is 5.82 Å². The summed E-state index contributed by atoms with van der Waals surface area (Å²) in [6, 6.07) is 6.21. The molecule has 0 fully saturated rings. The molecular formula is C12H11ClFN3. The Kier molecular flexibility index (Phi) is 3.24. The van der Waals surface area contributed by atoms with Crippen LogP contribution in [0.2, 0.25) is 5.02 Å². The monoisotopic (exact) mass is 251 g/mol. The highest BCUT2D eigenvalue weighted by Crippen LogP contribution is 2.25. The Bertz CT molecular complexity index is 557. The summed E-state index contributed by atoms with van der Waals surface area (Å²) in [5.74, 6) is 0.848.